The Morgan fingerprint density at radius 1 is 0.692 bits per heavy atom. The molecule has 6 nitrogen and oxygen atoms in total. The van der Waals surface area contributed by atoms with Crippen LogP contribution in [-0.2, 0) is 34.8 Å². The number of ether oxygens (including phenoxy) is 4. The van der Waals surface area contributed by atoms with Gasteiger partial charge in [-0.3, -0.25) is 0 Å². The molecule has 0 atom stereocenters. The molecule has 0 aliphatic carbocycles. The Morgan fingerprint density at radius 2 is 1.13 bits per heavy atom. The van der Waals surface area contributed by atoms with E-state index in [1.165, 1.54) is 11.6 Å². The van der Waals surface area contributed by atoms with Crippen LogP contribution in [0.2, 0.25) is 0 Å². The monoisotopic (exact) mass is 536 g/mol. The van der Waals surface area contributed by atoms with Crippen LogP contribution in [0, 0.1) is 0 Å². The van der Waals surface area contributed by atoms with Crippen LogP contribution in [0.4, 0.5) is 0 Å². The minimum atomic E-state index is -0.769. The normalized spacial score (nSPS) is 12.4. The van der Waals surface area contributed by atoms with Crippen molar-refractivity contribution in [2.45, 2.75) is 84.0 Å². The van der Waals surface area contributed by atoms with Crippen LogP contribution in [0.3, 0.4) is 0 Å². The van der Waals surface area contributed by atoms with Crippen molar-refractivity contribution < 1.29 is 28.5 Å². The molecule has 0 spiro atoms. The zero-order valence-electron chi connectivity index (χ0n) is 24.8. The molecule has 0 saturated carbocycles. The first-order valence-electron chi connectivity index (χ1n) is 13.2. The minimum absolute atomic E-state index is 0.232. The summed E-state index contributed by atoms with van der Waals surface area (Å²) >= 11 is 0. The van der Waals surface area contributed by atoms with Gasteiger partial charge in [0.2, 0.25) is 0 Å². The first-order chi connectivity index (χ1) is 18.0. The average Bonchev–Trinajstić information content (AvgIpc) is 2.87. The third kappa shape index (κ3) is 9.39. The van der Waals surface area contributed by atoms with E-state index in [2.05, 4.69) is 63.4 Å². The summed E-state index contributed by atoms with van der Waals surface area (Å²) in [4.78, 5) is 23.1. The Labute approximate surface area is 234 Å². The number of hydrogen-bond donors (Lipinski definition) is 0. The largest absolute Gasteiger partial charge is 0.493 e. The fourth-order valence-electron chi connectivity index (χ4n) is 3.98. The molecule has 0 fully saturated rings. The second-order valence-electron chi connectivity index (χ2n) is 11.9. The fourth-order valence-corrected chi connectivity index (χ4v) is 3.98. The molecule has 0 N–H and O–H groups in total. The Bertz CT molecular complexity index is 1140. The van der Waals surface area contributed by atoms with Crippen molar-refractivity contribution in [1.82, 2.24) is 0 Å². The molecule has 0 aliphatic heterocycles. The molecule has 0 unspecified atom stereocenters. The van der Waals surface area contributed by atoms with Gasteiger partial charge in [-0.25, -0.2) is 9.59 Å². The minimum Gasteiger partial charge on any atom is -0.493 e. The summed E-state index contributed by atoms with van der Waals surface area (Å²) in [6.07, 6.45) is 2.88. The van der Waals surface area contributed by atoms with Gasteiger partial charge in [-0.1, -0.05) is 63.4 Å². The highest BCUT2D eigenvalue weighted by atomic mass is 16.6. The predicted octanol–water partition coefficient (Wildman–Crippen LogP) is 7.05. The summed E-state index contributed by atoms with van der Waals surface area (Å²) in [5, 5.41) is 0. The van der Waals surface area contributed by atoms with Crippen LogP contribution in [0.1, 0.15) is 78.5 Å². The van der Waals surface area contributed by atoms with Crippen molar-refractivity contribution in [2.75, 3.05) is 13.2 Å². The topological polar surface area (TPSA) is 71.1 Å². The van der Waals surface area contributed by atoms with Gasteiger partial charge < -0.3 is 18.9 Å². The van der Waals surface area contributed by atoms with Gasteiger partial charge in [0.1, 0.15) is 17.0 Å². The molecule has 0 bridgehead atoms. The maximum Gasteiger partial charge on any atom is 0.330 e. The highest BCUT2D eigenvalue weighted by Gasteiger charge is 2.30. The molecule has 0 amide bonds. The third-order valence-corrected chi connectivity index (χ3v) is 6.72. The average molecular weight is 537 g/mol. The standard InChI is InChI=1S/C33H44O6/c1-11-28(34)38-30(3,4)21-22-36-27-19-17-25(18-20-27)32(7,8)24-13-15-26(16-14-24)33(9,10)37-23-31(5,6)39-29(35)12-2/h11-20H,1-2,21-23H2,3-10H3. The fraction of sp³-hybridized carbons (Fsp3) is 0.455. The summed E-state index contributed by atoms with van der Waals surface area (Å²) in [6.45, 7) is 23.3. The van der Waals surface area contributed by atoms with Gasteiger partial charge in [-0.15, -0.1) is 0 Å². The predicted molar refractivity (Wildman–Crippen MR) is 155 cm³/mol. The smallest absolute Gasteiger partial charge is 0.330 e. The van der Waals surface area contributed by atoms with Crippen molar-refractivity contribution in [2.24, 2.45) is 0 Å². The second-order valence-corrected chi connectivity index (χ2v) is 11.9. The lowest BCUT2D eigenvalue weighted by Crippen LogP contribution is -2.37. The first-order valence-corrected chi connectivity index (χ1v) is 13.2. The van der Waals surface area contributed by atoms with Gasteiger partial charge >= 0.3 is 11.9 Å². The molecule has 2 rings (SSSR count). The molecule has 0 heterocycles. The van der Waals surface area contributed by atoms with Crippen molar-refractivity contribution in [3.63, 3.8) is 0 Å². The van der Waals surface area contributed by atoms with Gasteiger partial charge in [0.15, 0.2) is 0 Å². The molecule has 0 saturated heterocycles. The molecular weight excluding hydrogens is 492 g/mol. The molecule has 2 aromatic rings. The maximum absolute atomic E-state index is 11.6. The van der Waals surface area contributed by atoms with Crippen molar-refractivity contribution >= 4 is 11.9 Å². The molecule has 212 valence electrons. The summed E-state index contributed by atoms with van der Waals surface area (Å²) in [6, 6.07) is 16.5. The summed E-state index contributed by atoms with van der Waals surface area (Å²) in [7, 11) is 0. The van der Waals surface area contributed by atoms with Crippen LogP contribution in [0.15, 0.2) is 73.8 Å². The molecule has 39 heavy (non-hydrogen) atoms. The van der Waals surface area contributed by atoms with E-state index in [-0.39, 0.29) is 12.0 Å². The van der Waals surface area contributed by atoms with Crippen LogP contribution in [0.25, 0.3) is 0 Å². The van der Waals surface area contributed by atoms with Crippen LogP contribution in [0.5, 0.6) is 5.75 Å². The van der Waals surface area contributed by atoms with Gasteiger partial charge in [0.05, 0.1) is 18.8 Å². The molecule has 0 aliphatic rings. The van der Waals surface area contributed by atoms with E-state index < -0.39 is 28.7 Å². The zero-order chi connectivity index (χ0) is 29.5. The van der Waals surface area contributed by atoms with E-state index in [0.29, 0.717) is 13.0 Å². The van der Waals surface area contributed by atoms with E-state index in [4.69, 9.17) is 18.9 Å². The summed E-state index contributed by atoms with van der Waals surface area (Å²) < 4.78 is 22.8. The Morgan fingerprint density at radius 3 is 1.62 bits per heavy atom. The molecule has 6 heteroatoms. The SMILES string of the molecule is C=CC(=O)OC(C)(C)CCOc1ccc(C(C)(C)c2ccc(C(C)(C)OCC(C)(C)OC(=O)C=C)cc2)cc1. The second kappa shape index (κ2) is 12.6. The lowest BCUT2D eigenvalue weighted by atomic mass is 9.77. The van der Waals surface area contributed by atoms with Crippen LogP contribution >= 0.6 is 0 Å². The van der Waals surface area contributed by atoms with Crippen molar-refractivity contribution in [3.8, 4) is 5.75 Å². The number of hydrogen-bond acceptors (Lipinski definition) is 6. The van der Waals surface area contributed by atoms with Crippen LogP contribution in [-0.4, -0.2) is 36.4 Å². The summed E-state index contributed by atoms with van der Waals surface area (Å²) in [5.41, 5.74) is 1.15. The molecule has 0 aromatic heterocycles. The Kier molecular flexibility index (Phi) is 10.3. The Hall–Kier alpha value is -3.38. The number of carbonyl (C=O) groups is 2. The van der Waals surface area contributed by atoms with Gasteiger partial charge in [0.25, 0.3) is 0 Å². The van der Waals surface area contributed by atoms with Gasteiger partial charge in [-0.05, 0) is 70.4 Å². The van der Waals surface area contributed by atoms with Gasteiger partial charge in [-0.2, -0.15) is 0 Å². The van der Waals surface area contributed by atoms with E-state index in [1.54, 1.807) is 0 Å². The van der Waals surface area contributed by atoms with E-state index >= 15 is 0 Å². The molecule has 0 radical (unpaired) electrons. The zero-order valence-corrected chi connectivity index (χ0v) is 24.8. The Balaban J connectivity index is 2.03. The molecule has 2 aromatic carbocycles. The lowest BCUT2D eigenvalue weighted by Gasteiger charge is -2.32. The number of esters is 2. The van der Waals surface area contributed by atoms with Crippen LogP contribution < -0.4 is 4.74 Å². The van der Waals surface area contributed by atoms with E-state index in [9.17, 15) is 9.59 Å². The first kappa shape index (κ1) is 31.8. The highest BCUT2D eigenvalue weighted by molar-refractivity contribution is 5.81. The lowest BCUT2D eigenvalue weighted by molar-refractivity contribution is -0.163. The maximum atomic E-state index is 11.6. The number of benzene rings is 2. The molecular formula is C33H44O6. The summed E-state index contributed by atoms with van der Waals surface area (Å²) in [5.74, 6) is -0.148. The van der Waals surface area contributed by atoms with E-state index in [1.807, 2.05) is 53.7 Å². The van der Waals surface area contributed by atoms with E-state index in [0.717, 1.165) is 23.0 Å². The number of rotatable bonds is 14. The highest BCUT2D eigenvalue weighted by Crippen LogP contribution is 2.35. The van der Waals surface area contributed by atoms with Crippen molar-refractivity contribution in [1.29, 1.82) is 0 Å². The quantitative estimate of drug-likeness (QED) is 0.190. The van der Waals surface area contributed by atoms with Crippen molar-refractivity contribution in [3.05, 3.63) is 90.5 Å². The van der Waals surface area contributed by atoms with Gasteiger partial charge in [0, 0.05) is 24.0 Å². The number of carbonyl (C=O) groups excluding carboxylic acids is 2. The third-order valence-electron chi connectivity index (χ3n) is 6.72.